The van der Waals surface area contributed by atoms with Crippen LogP contribution >= 0.6 is 0 Å². The number of carbonyl (C=O) groups is 2. The van der Waals surface area contributed by atoms with Crippen LogP contribution in [0.4, 0.5) is 4.39 Å². The van der Waals surface area contributed by atoms with Crippen molar-refractivity contribution in [1.29, 1.82) is 0 Å². The van der Waals surface area contributed by atoms with E-state index in [0.29, 0.717) is 25.0 Å². The predicted octanol–water partition coefficient (Wildman–Crippen LogP) is 1.83. The Labute approximate surface area is 177 Å². The Hall–Kier alpha value is -2.06. The molecular weight excluding hydrogens is 387 g/mol. The van der Waals surface area contributed by atoms with E-state index < -0.39 is 11.7 Å². The van der Waals surface area contributed by atoms with E-state index in [0.717, 1.165) is 64.8 Å². The molecule has 1 aromatic heterocycles. The Morgan fingerprint density at radius 3 is 2.73 bits per heavy atom. The number of pyridine rings is 1. The first-order valence-corrected chi connectivity index (χ1v) is 11.1. The number of amides is 2. The van der Waals surface area contributed by atoms with Crippen LogP contribution in [0.15, 0.2) is 18.3 Å². The summed E-state index contributed by atoms with van der Waals surface area (Å²) in [6.07, 6.45) is 7.44. The molecule has 1 atom stereocenters. The zero-order chi connectivity index (χ0) is 20.9. The van der Waals surface area contributed by atoms with Crippen LogP contribution in [0.5, 0.6) is 0 Å². The first kappa shape index (κ1) is 21.2. The molecule has 30 heavy (non-hydrogen) atoms. The number of nitrogens with one attached hydrogen (secondary N) is 1. The molecule has 3 heterocycles. The summed E-state index contributed by atoms with van der Waals surface area (Å²) < 4.78 is 19.4. The number of rotatable bonds is 7. The summed E-state index contributed by atoms with van der Waals surface area (Å²) in [7, 11) is 0. The van der Waals surface area contributed by atoms with Gasteiger partial charge in [0.25, 0.3) is 5.91 Å². The van der Waals surface area contributed by atoms with Crippen molar-refractivity contribution >= 4 is 11.8 Å². The van der Waals surface area contributed by atoms with E-state index in [9.17, 15) is 14.0 Å². The van der Waals surface area contributed by atoms with Gasteiger partial charge in [-0.25, -0.2) is 9.37 Å². The number of piperidine rings is 1. The van der Waals surface area contributed by atoms with Crippen LogP contribution in [0.25, 0.3) is 0 Å². The van der Waals surface area contributed by atoms with Gasteiger partial charge in [0.05, 0.1) is 0 Å². The number of likely N-dealkylation sites (tertiary alicyclic amines) is 1. The average Bonchev–Trinajstić information content (AvgIpc) is 3.62. The molecule has 3 aliphatic rings. The van der Waals surface area contributed by atoms with Crippen LogP contribution in [0.1, 0.15) is 49.0 Å². The summed E-state index contributed by atoms with van der Waals surface area (Å²) in [6.45, 7) is 4.17. The van der Waals surface area contributed by atoms with E-state index in [-0.39, 0.29) is 17.7 Å². The van der Waals surface area contributed by atoms with Gasteiger partial charge < -0.3 is 15.0 Å². The molecule has 8 heteroatoms. The SMILES string of the molecule is O=C(NCCN(C1CCOCC1)C1CCCN(C(=O)C2CC2)C1)c1ncccc1F. The van der Waals surface area contributed by atoms with Crippen molar-refractivity contribution < 1.29 is 18.7 Å². The summed E-state index contributed by atoms with van der Waals surface area (Å²) in [4.78, 5) is 33.2. The number of hydrogen-bond acceptors (Lipinski definition) is 5. The zero-order valence-electron chi connectivity index (χ0n) is 17.4. The fraction of sp³-hybridized carbons (Fsp3) is 0.682. The second kappa shape index (κ2) is 9.83. The van der Waals surface area contributed by atoms with Gasteiger partial charge in [0.1, 0.15) is 0 Å². The second-order valence-electron chi connectivity index (χ2n) is 8.53. The third-order valence-corrected chi connectivity index (χ3v) is 6.39. The first-order chi connectivity index (χ1) is 14.6. The zero-order valence-corrected chi connectivity index (χ0v) is 17.4. The number of carbonyl (C=O) groups excluding carboxylic acids is 2. The van der Waals surface area contributed by atoms with Gasteiger partial charge in [-0.05, 0) is 50.7 Å². The molecule has 1 aromatic rings. The lowest BCUT2D eigenvalue weighted by Crippen LogP contribution is -2.55. The third-order valence-electron chi connectivity index (χ3n) is 6.39. The van der Waals surface area contributed by atoms with E-state index in [4.69, 9.17) is 4.74 Å². The molecular formula is C22H31FN4O3. The highest BCUT2D eigenvalue weighted by molar-refractivity contribution is 5.92. The van der Waals surface area contributed by atoms with Crippen molar-refractivity contribution in [3.8, 4) is 0 Å². The van der Waals surface area contributed by atoms with Crippen molar-refractivity contribution in [2.24, 2.45) is 5.92 Å². The number of hydrogen-bond donors (Lipinski definition) is 1. The van der Waals surface area contributed by atoms with Crippen LogP contribution in [-0.4, -0.2) is 78.1 Å². The largest absolute Gasteiger partial charge is 0.381 e. The van der Waals surface area contributed by atoms with Crippen molar-refractivity contribution in [1.82, 2.24) is 20.1 Å². The van der Waals surface area contributed by atoms with E-state index in [1.165, 1.54) is 18.3 Å². The molecule has 1 saturated carbocycles. The van der Waals surface area contributed by atoms with E-state index in [2.05, 4.69) is 15.2 Å². The van der Waals surface area contributed by atoms with Gasteiger partial charge in [-0.3, -0.25) is 14.5 Å². The number of halogens is 1. The van der Waals surface area contributed by atoms with Crippen LogP contribution < -0.4 is 5.32 Å². The maximum absolute atomic E-state index is 13.8. The lowest BCUT2D eigenvalue weighted by Gasteiger charge is -2.44. The average molecular weight is 419 g/mol. The van der Waals surface area contributed by atoms with Gasteiger partial charge in [-0.2, -0.15) is 0 Å². The minimum Gasteiger partial charge on any atom is -0.381 e. The molecule has 0 radical (unpaired) electrons. The Morgan fingerprint density at radius 1 is 1.20 bits per heavy atom. The lowest BCUT2D eigenvalue weighted by atomic mass is 9.98. The normalized spacial score (nSPS) is 22.9. The highest BCUT2D eigenvalue weighted by Crippen LogP contribution is 2.32. The third kappa shape index (κ3) is 5.16. The summed E-state index contributed by atoms with van der Waals surface area (Å²) in [5.41, 5.74) is -0.172. The van der Waals surface area contributed by atoms with Crippen molar-refractivity contribution in [3.05, 3.63) is 29.8 Å². The van der Waals surface area contributed by atoms with Crippen molar-refractivity contribution in [3.63, 3.8) is 0 Å². The standard InChI is InChI=1S/C22H31FN4O3/c23-19-4-1-9-24-20(19)21(28)25-10-12-27(17-7-13-30-14-8-17)18-3-2-11-26(15-18)22(29)16-5-6-16/h1,4,9,16-18H,2-3,5-8,10-15H2,(H,25,28). The number of ether oxygens (including phenoxy) is 1. The molecule has 4 rings (SSSR count). The quantitative estimate of drug-likeness (QED) is 0.731. The maximum atomic E-state index is 13.8. The minimum absolute atomic E-state index is 0.172. The summed E-state index contributed by atoms with van der Waals surface area (Å²) in [5, 5.41) is 2.82. The van der Waals surface area contributed by atoms with Crippen LogP contribution in [0.2, 0.25) is 0 Å². The Balaban J connectivity index is 1.37. The fourth-order valence-electron chi connectivity index (χ4n) is 4.63. The molecule has 2 saturated heterocycles. The summed E-state index contributed by atoms with van der Waals surface area (Å²) in [6, 6.07) is 3.37. The molecule has 0 spiro atoms. The van der Waals surface area contributed by atoms with Crippen molar-refractivity contribution in [2.45, 2.75) is 50.6 Å². The smallest absolute Gasteiger partial charge is 0.272 e. The van der Waals surface area contributed by atoms with E-state index in [1.54, 1.807) is 0 Å². The van der Waals surface area contributed by atoms with Crippen LogP contribution in [0, 0.1) is 11.7 Å². The second-order valence-corrected chi connectivity index (χ2v) is 8.53. The van der Waals surface area contributed by atoms with Crippen molar-refractivity contribution in [2.75, 3.05) is 39.4 Å². The summed E-state index contributed by atoms with van der Waals surface area (Å²) in [5.74, 6) is -0.551. The molecule has 3 fully saturated rings. The van der Waals surface area contributed by atoms with Gasteiger partial charge in [-0.1, -0.05) is 0 Å². The molecule has 2 amide bonds. The molecule has 2 aliphatic heterocycles. The molecule has 1 N–H and O–H groups in total. The highest BCUT2D eigenvalue weighted by Gasteiger charge is 2.37. The van der Waals surface area contributed by atoms with Crippen LogP contribution in [-0.2, 0) is 9.53 Å². The molecule has 0 bridgehead atoms. The summed E-state index contributed by atoms with van der Waals surface area (Å²) >= 11 is 0. The van der Waals surface area contributed by atoms with Gasteiger partial charge in [0.15, 0.2) is 11.5 Å². The molecule has 7 nitrogen and oxygen atoms in total. The molecule has 1 unspecified atom stereocenters. The predicted molar refractivity (Wildman–Crippen MR) is 109 cm³/mol. The van der Waals surface area contributed by atoms with Gasteiger partial charge in [0.2, 0.25) is 5.91 Å². The minimum atomic E-state index is -0.613. The highest BCUT2D eigenvalue weighted by atomic mass is 19.1. The fourth-order valence-corrected chi connectivity index (χ4v) is 4.63. The number of aromatic nitrogens is 1. The van der Waals surface area contributed by atoms with Gasteiger partial charge >= 0.3 is 0 Å². The van der Waals surface area contributed by atoms with Gasteiger partial charge in [0, 0.05) is 63.6 Å². The molecule has 0 aromatic carbocycles. The van der Waals surface area contributed by atoms with E-state index in [1.807, 2.05) is 4.90 Å². The number of nitrogens with zero attached hydrogens (tertiary/aromatic N) is 3. The van der Waals surface area contributed by atoms with Gasteiger partial charge in [-0.15, -0.1) is 0 Å². The lowest BCUT2D eigenvalue weighted by molar-refractivity contribution is -0.135. The Morgan fingerprint density at radius 2 is 2.00 bits per heavy atom. The topological polar surface area (TPSA) is 74.8 Å². The Bertz CT molecular complexity index is 752. The molecule has 1 aliphatic carbocycles. The molecule has 164 valence electrons. The first-order valence-electron chi connectivity index (χ1n) is 11.1. The monoisotopic (exact) mass is 418 g/mol. The Kier molecular flexibility index (Phi) is 6.94. The maximum Gasteiger partial charge on any atom is 0.272 e. The van der Waals surface area contributed by atoms with E-state index >= 15 is 0 Å². The van der Waals surface area contributed by atoms with Crippen LogP contribution in [0.3, 0.4) is 0 Å².